The van der Waals surface area contributed by atoms with Crippen molar-refractivity contribution in [3.63, 3.8) is 0 Å². The number of rotatable bonds is 7. The van der Waals surface area contributed by atoms with Crippen LogP contribution in [0.3, 0.4) is 0 Å². The van der Waals surface area contributed by atoms with E-state index in [9.17, 15) is 9.59 Å². The van der Waals surface area contributed by atoms with Crippen molar-refractivity contribution in [3.8, 4) is 5.88 Å². The summed E-state index contributed by atoms with van der Waals surface area (Å²) in [7, 11) is 1.41. The molecule has 1 fully saturated rings. The van der Waals surface area contributed by atoms with Crippen molar-refractivity contribution in [2.24, 2.45) is 5.92 Å². The highest BCUT2D eigenvalue weighted by Crippen LogP contribution is 2.29. The van der Waals surface area contributed by atoms with Crippen molar-refractivity contribution in [1.29, 1.82) is 0 Å². The molecule has 34 heavy (non-hydrogen) atoms. The first-order valence-electron chi connectivity index (χ1n) is 10.8. The molecule has 0 spiro atoms. The predicted molar refractivity (Wildman–Crippen MR) is 124 cm³/mol. The van der Waals surface area contributed by atoms with Gasteiger partial charge in [0.25, 0.3) is 0 Å². The molecule has 0 saturated heterocycles. The molecule has 1 saturated carbocycles. The highest BCUT2D eigenvalue weighted by Gasteiger charge is 2.28. The summed E-state index contributed by atoms with van der Waals surface area (Å²) in [6.07, 6.45) is 4.44. The fraction of sp³-hybridized carbons (Fsp3) is 0.348. The summed E-state index contributed by atoms with van der Waals surface area (Å²) >= 11 is 5.96. The molecule has 1 aromatic carbocycles. The third kappa shape index (κ3) is 5.82. The first-order chi connectivity index (χ1) is 16.4. The van der Waals surface area contributed by atoms with E-state index in [0.717, 1.165) is 31.2 Å². The first kappa shape index (κ1) is 23.5. The highest BCUT2D eigenvalue weighted by molar-refractivity contribution is 6.30. The molecule has 2 heterocycles. The van der Waals surface area contributed by atoms with Crippen LogP contribution in [0, 0.1) is 12.8 Å². The van der Waals surface area contributed by atoms with Gasteiger partial charge in [0, 0.05) is 16.3 Å². The number of nitrogens with one attached hydrogen (secondary N) is 2. The number of ether oxygens (including phenoxy) is 2. The van der Waals surface area contributed by atoms with Crippen LogP contribution in [0.15, 0.2) is 40.9 Å². The maximum absolute atomic E-state index is 12.5. The fourth-order valence-corrected chi connectivity index (χ4v) is 3.92. The van der Waals surface area contributed by atoms with Gasteiger partial charge in [0.2, 0.25) is 5.88 Å². The molecule has 3 aromatic rings. The van der Waals surface area contributed by atoms with Crippen molar-refractivity contribution in [2.75, 3.05) is 17.7 Å². The minimum absolute atomic E-state index is 0.0173. The molecule has 1 aliphatic rings. The molecule has 10 nitrogen and oxygen atoms in total. The van der Waals surface area contributed by atoms with Crippen molar-refractivity contribution < 1.29 is 23.5 Å². The average Bonchev–Trinajstić information content (AvgIpc) is 3.29. The van der Waals surface area contributed by atoms with Gasteiger partial charge in [-0.2, -0.15) is 0 Å². The second-order valence-corrected chi connectivity index (χ2v) is 8.40. The largest absolute Gasteiger partial charge is 0.474 e. The van der Waals surface area contributed by atoms with Crippen LogP contribution < -0.4 is 15.4 Å². The number of amides is 1. The van der Waals surface area contributed by atoms with Crippen LogP contribution in [-0.2, 0) is 9.53 Å². The molecule has 1 aliphatic carbocycles. The van der Waals surface area contributed by atoms with Crippen molar-refractivity contribution >= 4 is 40.9 Å². The Morgan fingerprint density at radius 3 is 2.62 bits per heavy atom. The Labute approximate surface area is 201 Å². The van der Waals surface area contributed by atoms with Crippen LogP contribution in [0.4, 0.5) is 17.4 Å². The van der Waals surface area contributed by atoms with Gasteiger partial charge < -0.3 is 24.5 Å². The van der Waals surface area contributed by atoms with E-state index in [2.05, 4.69) is 25.8 Å². The summed E-state index contributed by atoms with van der Waals surface area (Å²) < 4.78 is 16.2. The summed E-state index contributed by atoms with van der Waals surface area (Å²) in [6, 6.07) is 8.79. The molecule has 0 aliphatic heterocycles. The number of nitrogens with zero attached hydrogens (tertiary/aromatic N) is 3. The lowest BCUT2D eigenvalue weighted by Gasteiger charge is -2.27. The summed E-state index contributed by atoms with van der Waals surface area (Å²) in [4.78, 5) is 28.5. The Hall–Kier alpha value is -3.66. The van der Waals surface area contributed by atoms with Crippen LogP contribution in [0.1, 0.15) is 41.9 Å². The minimum atomic E-state index is -0.567. The number of anilines is 3. The molecule has 1 amide bonds. The molecular weight excluding hydrogens is 462 g/mol. The number of carbonyl (C=O) groups excluding carboxylic acids is 2. The molecule has 4 rings (SSSR count). The van der Waals surface area contributed by atoms with E-state index < -0.39 is 5.91 Å². The van der Waals surface area contributed by atoms with E-state index in [1.807, 2.05) is 6.92 Å². The number of esters is 1. The van der Waals surface area contributed by atoms with Gasteiger partial charge in [-0.15, -0.1) is 5.10 Å². The van der Waals surface area contributed by atoms with Gasteiger partial charge in [0.05, 0.1) is 24.9 Å². The van der Waals surface area contributed by atoms with Gasteiger partial charge >= 0.3 is 23.8 Å². The molecule has 0 atom stereocenters. The molecule has 178 valence electrons. The van der Waals surface area contributed by atoms with Crippen LogP contribution in [0.5, 0.6) is 5.88 Å². The lowest BCUT2D eigenvalue weighted by Crippen LogP contribution is -2.29. The van der Waals surface area contributed by atoms with Gasteiger partial charge in [0.1, 0.15) is 6.10 Å². The van der Waals surface area contributed by atoms with Crippen LogP contribution in [-0.4, -0.2) is 40.3 Å². The Morgan fingerprint density at radius 2 is 1.91 bits per heavy atom. The number of aryl methyl sites for hydroxylation is 1. The number of hydrogen-bond donors (Lipinski definition) is 2. The van der Waals surface area contributed by atoms with Gasteiger partial charge in [0.15, 0.2) is 0 Å². The second-order valence-electron chi connectivity index (χ2n) is 7.96. The van der Waals surface area contributed by atoms with Crippen LogP contribution in [0.2, 0.25) is 5.02 Å². The monoisotopic (exact) mass is 485 g/mol. The van der Waals surface area contributed by atoms with Crippen LogP contribution >= 0.6 is 11.6 Å². The number of methoxy groups -OCH3 is 1. The van der Waals surface area contributed by atoms with Crippen molar-refractivity contribution in [1.82, 2.24) is 15.2 Å². The van der Waals surface area contributed by atoms with E-state index in [-0.39, 0.29) is 29.9 Å². The van der Waals surface area contributed by atoms with Gasteiger partial charge in [-0.25, -0.2) is 4.98 Å². The fourth-order valence-electron chi connectivity index (χ4n) is 3.73. The molecule has 11 heteroatoms. The standard InChI is InChI=1S/C23H24ClN5O5/c1-13-10-17(12-25-20(13)33-18-8-6-14(7-9-18)22(31)32-2)26-19(30)21-28-29-23(34-21)27-16-5-3-4-15(24)11-16/h3-5,10-12,14,18H,6-9H2,1-2H3,(H,26,30)(H,27,29). The third-order valence-corrected chi connectivity index (χ3v) is 5.71. The smallest absolute Gasteiger partial charge is 0.320 e. The van der Waals surface area contributed by atoms with Crippen LogP contribution in [0.25, 0.3) is 0 Å². The molecule has 0 bridgehead atoms. The Morgan fingerprint density at radius 1 is 1.12 bits per heavy atom. The lowest BCUT2D eigenvalue weighted by molar-refractivity contribution is -0.147. The summed E-state index contributed by atoms with van der Waals surface area (Å²) in [6.45, 7) is 1.85. The zero-order valence-corrected chi connectivity index (χ0v) is 19.5. The number of benzene rings is 1. The Bertz CT molecular complexity index is 1180. The quantitative estimate of drug-likeness (QED) is 0.463. The average molecular weight is 486 g/mol. The van der Waals surface area contributed by atoms with Gasteiger partial charge in [-0.3, -0.25) is 9.59 Å². The zero-order chi connectivity index (χ0) is 24.1. The third-order valence-electron chi connectivity index (χ3n) is 5.47. The molecule has 2 aromatic heterocycles. The predicted octanol–water partition coefficient (Wildman–Crippen LogP) is 4.53. The van der Waals surface area contributed by atoms with Gasteiger partial charge in [-0.1, -0.05) is 22.8 Å². The number of pyridine rings is 1. The number of halogens is 1. The number of hydrogen-bond acceptors (Lipinski definition) is 9. The maximum atomic E-state index is 12.5. The summed E-state index contributed by atoms with van der Waals surface area (Å²) in [5.41, 5.74) is 1.88. The second kappa shape index (κ2) is 10.5. The van der Waals surface area contributed by atoms with Crippen molar-refractivity contribution in [3.05, 3.63) is 53.0 Å². The molecule has 0 unspecified atom stereocenters. The normalized spacial score (nSPS) is 17.6. The summed E-state index contributed by atoms with van der Waals surface area (Å²) in [5.74, 6) is -0.512. The molecule has 0 radical (unpaired) electrons. The van der Waals surface area contributed by atoms with Crippen molar-refractivity contribution in [2.45, 2.75) is 38.7 Å². The van der Waals surface area contributed by atoms with E-state index in [4.69, 9.17) is 25.5 Å². The zero-order valence-electron chi connectivity index (χ0n) is 18.7. The first-order valence-corrected chi connectivity index (χ1v) is 11.2. The highest BCUT2D eigenvalue weighted by atomic mass is 35.5. The molecule has 2 N–H and O–H groups in total. The van der Waals surface area contributed by atoms with Gasteiger partial charge in [-0.05, 0) is 56.9 Å². The number of aromatic nitrogens is 3. The topological polar surface area (TPSA) is 128 Å². The lowest BCUT2D eigenvalue weighted by atomic mass is 9.87. The van der Waals surface area contributed by atoms with E-state index in [0.29, 0.717) is 22.3 Å². The Kier molecular flexibility index (Phi) is 7.27. The number of carbonyl (C=O) groups is 2. The van der Waals surface area contributed by atoms with E-state index >= 15 is 0 Å². The minimum Gasteiger partial charge on any atom is -0.474 e. The van der Waals surface area contributed by atoms with E-state index in [1.165, 1.54) is 13.3 Å². The molecular formula is C23H24ClN5O5. The SMILES string of the molecule is COC(=O)C1CCC(Oc2ncc(NC(=O)c3nnc(Nc4cccc(Cl)c4)o3)cc2C)CC1. The summed E-state index contributed by atoms with van der Waals surface area (Å²) in [5, 5.41) is 13.7. The Balaban J connectivity index is 1.32. The van der Waals surface area contributed by atoms with E-state index in [1.54, 1.807) is 30.3 Å². The maximum Gasteiger partial charge on any atom is 0.320 e.